The molecular weight excluding hydrogens is 399 g/mol. The van der Waals surface area contributed by atoms with Crippen molar-refractivity contribution in [3.63, 3.8) is 0 Å². The second-order valence-corrected chi connectivity index (χ2v) is 6.70. The molecule has 1 heterocycles. The summed E-state index contributed by atoms with van der Waals surface area (Å²) in [5.74, 6) is 0. The van der Waals surface area contributed by atoms with Gasteiger partial charge in [-0.25, -0.2) is 4.68 Å². The van der Waals surface area contributed by atoms with E-state index in [0.717, 1.165) is 21.3 Å². The van der Waals surface area contributed by atoms with Gasteiger partial charge in [-0.05, 0) is 35.9 Å². The van der Waals surface area contributed by atoms with Crippen LogP contribution >= 0.6 is 39.1 Å². The van der Waals surface area contributed by atoms with E-state index in [1.807, 2.05) is 30.3 Å². The molecule has 0 saturated carbocycles. The van der Waals surface area contributed by atoms with Crippen molar-refractivity contribution in [1.82, 2.24) is 9.78 Å². The van der Waals surface area contributed by atoms with Crippen LogP contribution in [0.3, 0.4) is 0 Å². The summed E-state index contributed by atoms with van der Waals surface area (Å²) in [6, 6.07) is 16.3. The molecule has 0 atom stereocenters. The largest absolute Gasteiger partial charge is 0.268 e. The first-order valence-corrected chi connectivity index (χ1v) is 8.36. The van der Waals surface area contributed by atoms with Gasteiger partial charge in [0.1, 0.15) is 0 Å². The fourth-order valence-corrected chi connectivity index (χ4v) is 2.89. The molecule has 0 saturated heterocycles. The van der Waals surface area contributed by atoms with Crippen molar-refractivity contribution in [3.8, 4) is 11.3 Å². The normalized spacial score (nSPS) is 10.7. The smallest absolute Gasteiger partial charge is 0.267 e. The Bertz CT molecular complexity index is 924. The predicted molar refractivity (Wildman–Crippen MR) is 97.2 cm³/mol. The van der Waals surface area contributed by atoms with E-state index in [1.165, 1.54) is 10.7 Å². The minimum absolute atomic E-state index is 0.171. The van der Waals surface area contributed by atoms with E-state index in [1.54, 1.807) is 18.2 Å². The lowest BCUT2D eigenvalue weighted by molar-refractivity contribution is 0.643. The lowest BCUT2D eigenvalue weighted by Crippen LogP contribution is -2.22. The minimum Gasteiger partial charge on any atom is -0.268 e. The van der Waals surface area contributed by atoms with E-state index in [4.69, 9.17) is 23.2 Å². The van der Waals surface area contributed by atoms with Crippen LogP contribution in [0, 0.1) is 0 Å². The molecule has 0 aliphatic carbocycles. The fourth-order valence-electron chi connectivity index (χ4n) is 2.17. The second-order valence-electron chi connectivity index (χ2n) is 4.97. The van der Waals surface area contributed by atoms with Crippen molar-refractivity contribution < 1.29 is 0 Å². The van der Waals surface area contributed by atoms with Crippen LogP contribution in [-0.4, -0.2) is 9.78 Å². The summed E-state index contributed by atoms with van der Waals surface area (Å²) in [7, 11) is 0. The highest BCUT2D eigenvalue weighted by molar-refractivity contribution is 9.10. The molecule has 116 valence electrons. The number of benzene rings is 2. The maximum absolute atomic E-state index is 12.1. The van der Waals surface area contributed by atoms with Crippen molar-refractivity contribution in [2.45, 2.75) is 6.54 Å². The zero-order valence-corrected chi connectivity index (χ0v) is 14.9. The highest BCUT2D eigenvalue weighted by Gasteiger charge is 2.06. The molecule has 0 bridgehead atoms. The van der Waals surface area contributed by atoms with E-state index < -0.39 is 0 Å². The number of nitrogens with zero attached hydrogens (tertiary/aromatic N) is 2. The molecule has 0 N–H and O–H groups in total. The van der Waals surface area contributed by atoms with Crippen LogP contribution in [0.1, 0.15) is 5.56 Å². The Hall–Kier alpha value is -1.62. The van der Waals surface area contributed by atoms with E-state index in [-0.39, 0.29) is 5.56 Å². The average Bonchev–Trinajstić information content (AvgIpc) is 2.53. The third-order valence-corrected chi connectivity index (χ3v) is 4.54. The van der Waals surface area contributed by atoms with Gasteiger partial charge in [-0.1, -0.05) is 57.3 Å². The van der Waals surface area contributed by atoms with E-state index in [0.29, 0.717) is 16.6 Å². The van der Waals surface area contributed by atoms with Crippen LogP contribution < -0.4 is 5.56 Å². The van der Waals surface area contributed by atoms with Crippen molar-refractivity contribution in [2.24, 2.45) is 0 Å². The molecule has 0 aliphatic rings. The zero-order valence-electron chi connectivity index (χ0n) is 11.8. The van der Waals surface area contributed by atoms with Crippen molar-refractivity contribution in [3.05, 3.63) is 85.0 Å². The van der Waals surface area contributed by atoms with E-state index in [2.05, 4.69) is 21.0 Å². The predicted octanol–water partition coefficient (Wildman–Crippen LogP) is 5.03. The molecule has 3 aromatic rings. The van der Waals surface area contributed by atoms with Gasteiger partial charge in [0.25, 0.3) is 5.56 Å². The van der Waals surface area contributed by atoms with Crippen LogP contribution in [0.5, 0.6) is 0 Å². The van der Waals surface area contributed by atoms with Crippen molar-refractivity contribution in [1.29, 1.82) is 0 Å². The molecule has 3 rings (SSSR count). The van der Waals surface area contributed by atoms with Crippen LogP contribution in [0.25, 0.3) is 11.3 Å². The number of hydrogen-bond donors (Lipinski definition) is 0. The van der Waals surface area contributed by atoms with Gasteiger partial charge in [0, 0.05) is 16.1 Å². The number of rotatable bonds is 3. The van der Waals surface area contributed by atoms with Gasteiger partial charge in [0.2, 0.25) is 0 Å². The Morgan fingerprint density at radius 2 is 1.83 bits per heavy atom. The van der Waals surface area contributed by atoms with Crippen LogP contribution in [0.15, 0.2) is 63.9 Å². The van der Waals surface area contributed by atoms with E-state index >= 15 is 0 Å². The lowest BCUT2D eigenvalue weighted by Gasteiger charge is -2.08. The molecule has 6 heteroatoms. The lowest BCUT2D eigenvalue weighted by atomic mass is 10.1. The summed E-state index contributed by atoms with van der Waals surface area (Å²) in [4.78, 5) is 12.1. The molecule has 23 heavy (non-hydrogen) atoms. The third-order valence-electron chi connectivity index (χ3n) is 3.30. The summed E-state index contributed by atoms with van der Waals surface area (Å²) < 4.78 is 2.37. The SMILES string of the molecule is O=c1ccc(-c2cccc(Br)c2)nn1Cc1ccc(Cl)c(Cl)c1. The highest BCUT2D eigenvalue weighted by atomic mass is 79.9. The monoisotopic (exact) mass is 408 g/mol. The molecular formula is C17H11BrCl2N2O. The Kier molecular flexibility index (Phi) is 4.85. The quantitative estimate of drug-likeness (QED) is 0.608. The Morgan fingerprint density at radius 3 is 2.57 bits per heavy atom. The average molecular weight is 410 g/mol. The van der Waals surface area contributed by atoms with Gasteiger partial charge in [-0.3, -0.25) is 4.79 Å². The van der Waals surface area contributed by atoms with Crippen LogP contribution in [0.4, 0.5) is 0 Å². The summed E-state index contributed by atoms with van der Waals surface area (Å²) in [5, 5.41) is 5.38. The van der Waals surface area contributed by atoms with Gasteiger partial charge in [0.05, 0.1) is 22.3 Å². The number of aromatic nitrogens is 2. The molecule has 0 spiro atoms. The summed E-state index contributed by atoms with van der Waals surface area (Å²) in [6.45, 7) is 0.331. The molecule has 0 radical (unpaired) electrons. The Morgan fingerprint density at radius 1 is 1.00 bits per heavy atom. The van der Waals surface area contributed by atoms with Crippen LogP contribution in [-0.2, 0) is 6.54 Å². The maximum atomic E-state index is 12.1. The minimum atomic E-state index is -0.171. The zero-order chi connectivity index (χ0) is 16.4. The van der Waals surface area contributed by atoms with Crippen LogP contribution in [0.2, 0.25) is 10.0 Å². The number of halogens is 3. The molecule has 0 fully saturated rings. The first-order valence-electron chi connectivity index (χ1n) is 6.81. The summed E-state index contributed by atoms with van der Waals surface area (Å²) in [5.41, 5.74) is 2.35. The molecule has 0 aliphatic heterocycles. The Balaban J connectivity index is 1.97. The second kappa shape index (κ2) is 6.87. The van der Waals surface area contributed by atoms with Crippen molar-refractivity contribution in [2.75, 3.05) is 0 Å². The molecule has 0 unspecified atom stereocenters. The maximum Gasteiger partial charge on any atom is 0.267 e. The molecule has 1 aromatic heterocycles. The van der Waals surface area contributed by atoms with Crippen molar-refractivity contribution >= 4 is 39.1 Å². The van der Waals surface area contributed by atoms with Gasteiger partial charge < -0.3 is 0 Å². The number of hydrogen-bond acceptors (Lipinski definition) is 2. The highest BCUT2D eigenvalue weighted by Crippen LogP contribution is 2.23. The summed E-state index contributed by atoms with van der Waals surface area (Å²) >= 11 is 15.4. The van der Waals surface area contributed by atoms with Gasteiger partial charge in [-0.15, -0.1) is 0 Å². The molecule has 0 amide bonds. The standard InChI is InChI=1S/C17H11BrCl2N2O/c18-13-3-1-2-12(9-13)16-6-7-17(23)22(21-16)10-11-4-5-14(19)15(20)8-11/h1-9H,10H2. The van der Waals surface area contributed by atoms with Gasteiger partial charge in [-0.2, -0.15) is 5.10 Å². The Labute approximate surface area is 151 Å². The van der Waals surface area contributed by atoms with Gasteiger partial charge in [0.15, 0.2) is 0 Å². The third kappa shape index (κ3) is 3.83. The molecule has 3 nitrogen and oxygen atoms in total. The first-order chi connectivity index (χ1) is 11.0. The fraction of sp³-hybridized carbons (Fsp3) is 0.0588. The first kappa shape index (κ1) is 16.2. The van der Waals surface area contributed by atoms with E-state index in [9.17, 15) is 4.79 Å². The molecule has 2 aromatic carbocycles. The summed E-state index contributed by atoms with van der Waals surface area (Å²) in [6.07, 6.45) is 0. The topological polar surface area (TPSA) is 34.9 Å². The van der Waals surface area contributed by atoms with Gasteiger partial charge >= 0.3 is 0 Å².